The van der Waals surface area contributed by atoms with Crippen LogP contribution < -0.4 is 11.3 Å². The van der Waals surface area contributed by atoms with E-state index < -0.39 is 0 Å². The van der Waals surface area contributed by atoms with E-state index in [1.54, 1.807) is 6.26 Å². The van der Waals surface area contributed by atoms with Crippen LogP contribution in [0.5, 0.6) is 0 Å². The van der Waals surface area contributed by atoms with Crippen molar-refractivity contribution in [1.29, 1.82) is 0 Å². The van der Waals surface area contributed by atoms with Gasteiger partial charge in [-0.25, -0.2) is 0 Å². The molecule has 5 heteroatoms. The van der Waals surface area contributed by atoms with Gasteiger partial charge in [0.25, 0.3) is 0 Å². The summed E-state index contributed by atoms with van der Waals surface area (Å²) in [6.07, 6.45) is 9.95. The highest BCUT2D eigenvalue weighted by molar-refractivity contribution is 6.29. The molecule has 2 heterocycles. The maximum atomic E-state index is 6.15. The molecule has 1 saturated carbocycles. The number of hydrogen-bond acceptors (Lipinski definition) is 4. The standard InChI is InChI=1S/C15H23ClN2O2/c16-14-12(5-8-19-14)13(18-17)11-4-9-20-15(10-11)6-2-1-3-7-15/h5,8,11,13,18H,1-4,6-7,9-10,17H2. The molecule has 112 valence electrons. The maximum Gasteiger partial charge on any atom is 0.197 e. The lowest BCUT2D eigenvalue weighted by atomic mass is 9.73. The Balaban J connectivity index is 1.76. The molecule has 4 nitrogen and oxygen atoms in total. The minimum Gasteiger partial charge on any atom is -0.453 e. The van der Waals surface area contributed by atoms with Gasteiger partial charge in [-0.2, -0.15) is 0 Å². The zero-order chi connectivity index (χ0) is 14.0. The van der Waals surface area contributed by atoms with Crippen LogP contribution in [0.25, 0.3) is 0 Å². The van der Waals surface area contributed by atoms with Crippen LogP contribution >= 0.6 is 11.6 Å². The fourth-order valence-electron chi connectivity index (χ4n) is 3.90. The molecule has 2 aliphatic rings. The van der Waals surface area contributed by atoms with Crippen molar-refractivity contribution in [3.63, 3.8) is 0 Å². The summed E-state index contributed by atoms with van der Waals surface area (Å²) in [7, 11) is 0. The van der Waals surface area contributed by atoms with Gasteiger partial charge in [0.15, 0.2) is 5.22 Å². The van der Waals surface area contributed by atoms with Gasteiger partial charge in [0.2, 0.25) is 0 Å². The Kier molecular flexibility index (Phi) is 4.36. The molecule has 1 spiro atoms. The van der Waals surface area contributed by atoms with Gasteiger partial charge >= 0.3 is 0 Å². The highest BCUT2D eigenvalue weighted by Crippen LogP contribution is 2.44. The Morgan fingerprint density at radius 3 is 2.80 bits per heavy atom. The monoisotopic (exact) mass is 298 g/mol. The third-order valence-corrected chi connectivity index (χ3v) is 5.24. The molecule has 0 aromatic carbocycles. The summed E-state index contributed by atoms with van der Waals surface area (Å²) in [6.45, 7) is 0.818. The summed E-state index contributed by atoms with van der Waals surface area (Å²) >= 11 is 6.12. The van der Waals surface area contributed by atoms with Gasteiger partial charge in [0.05, 0.1) is 17.9 Å². The number of halogens is 1. The molecule has 20 heavy (non-hydrogen) atoms. The van der Waals surface area contributed by atoms with Crippen LogP contribution in [0.2, 0.25) is 5.22 Å². The number of furan rings is 1. The molecule has 2 unspecified atom stereocenters. The molecular weight excluding hydrogens is 276 g/mol. The van der Waals surface area contributed by atoms with Gasteiger partial charge in [-0.05, 0) is 49.3 Å². The van der Waals surface area contributed by atoms with Crippen molar-refractivity contribution in [1.82, 2.24) is 5.43 Å². The van der Waals surface area contributed by atoms with Gasteiger partial charge < -0.3 is 9.15 Å². The van der Waals surface area contributed by atoms with Crippen LogP contribution in [0.3, 0.4) is 0 Å². The van der Waals surface area contributed by atoms with Crippen LogP contribution in [-0.2, 0) is 4.74 Å². The number of nitrogens with two attached hydrogens (primary N) is 1. The van der Waals surface area contributed by atoms with Gasteiger partial charge in [-0.1, -0.05) is 19.3 Å². The number of ether oxygens (including phenoxy) is 1. The normalized spacial score (nSPS) is 27.6. The van der Waals surface area contributed by atoms with E-state index in [1.165, 1.54) is 32.1 Å². The summed E-state index contributed by atoms with van der Waals surface area (Å²) in [6, 6.07) is 1.96. The second kappa shape index (κ2) is 6.06. The van der Waals surface area contributed by atoms with E-state index in [1.807, 2.05) is 6.07 Å². The molecule has 0 radical (unpaired) electrons. The van der Waals surface area contributed by atoms with Gasteiger partial charge in [-0.3, -0.25) is 11.3 Å². The summed E-state index contributed by atoms with van der Waals surface area (Å²) < 4.78 is 11.4. The van der Waals surface area contributed by atoms with E-state index in [0.717, 1.165) is 25.0 Å². The van der Waals surface area contributed by atoms with Crippen molar-refractivity contribution in [2.45, 2.75) is 56.6 Å². The maximum absolute atomic E-state index is 6.15. The van der Waals surface area contributed by atoms with E-state index >= 15 is 0 Å². The van der Waals surface area contributed by atoms with E-state index in [4.69, 9.17) is 26.6 Å². The number of rotatable bonds is 3. The average Bonchev–Trinajstić information content (AvgIpc) is 2.87. The van der Waals surface area contributed by atoms with E-state index in [0.29, 0.717) is 11.1 Å². The first kappa shape index (κ1) is 14.4. The topological polar surface area (TPSA) is 60.4 Å². The smallest absolute Gasteiger partial charge is 0.197 e. The Morgan fingerprint density at radius 2 is 2.15 bits per heavy atom. The quantitative estimate of drug-likeness (QED) is 0.661. The Labute approximate surface area is 125 Å². The van der Waals surface area contributed by atoms with Crippen molar-refractivity contribution >= 4 is 11.6 Å². The van der Waals surface area contributed by atoms with Crippen molar-refractivity contribution in [2.24, 2.45) is 11.8 Å². The third kappa shape index (κ3) is 2.75. The molecule has 1 aromatic heterocycles. The molecular formula is C15H23ClN2O2. The van der Waals surface area contributed by atoms with Crippen molar-refractivity contribution in [3.05, 3.63) is 23.1 Å². The van der Waals surface area contributed by atoms with E-state index in [9.17, 15) is 0 Å². The second-order valence-electron chi connectivity index (χ2n) is 6.14. The summed E-state index contributed by atoms with van der Waals surface area (Å²) in [5.74, 6) is 6.24. The zero-order valence-corrected chi connectivity index (χ0v) is 12.5. The molecule has 1 aliphatic heterocycles. The minimum atomic E-state index is 0.0453. The Hall–Kier alpha value is -0.550. The molecule has 1 aliphatic carbocycles. The predicted octanol–water partition coefficient (Wildman–Crippen LogP) is 3.57. The number of nitrogens with one attached hydrogen (secondary N) is 1. The molecule has 2 fully saturated rings. The molecule has 0 amide bonds. The van der Waals surface area contributed by atoms with Gasteiger partial charge in [0.1, 0.15) is 0 Å². The number of hydrazine groups is 1. The lowest BCUT2D eigenvalue weighted by Crippen LogP contribution is -2.45. The first-order valence-corrected chi connectivity index (χ1v) is 7.95. The first-order chi connectivity index (χ1) is 9.74. The number of hydrogen-bond donors (Lipinski definition) is 2. The molecule has 1 saturated heterocycles. The lowest BCUT2D eigenvalue weighted by molar-refractivity contribution is -0.122. The average molecular weight is 299 g/mol. The SMILES string of the molecule is NNC(c1ccoc1Cl)C1CCOC2(CCCCC2)C1. The van der Waals surface area contributed by atoms with Crippen molar-refractivity contribution in [3.8, 4) is 0 Å². The molecule has 2 atom stereocenters. The van der Waals surface area contributed by atoms with Crippen LogP contribution in [0.1, 0.15) is 56.6 Å². The predicted molar refractivity (Wildman–Crippen MR) is 78.3 cm³/mol. The van der Waals surface area contributed by atoms with Gasteiger partial charge in [-0.15, -0.1) is 0 Å². The van der Waals surface area contributed by atoms with Crippen LogP contribution in [-0.4, -0.2) is 12.2 Å². The Bertz CT molecular complexity index is 437. The fourth-order valence-corrected chi connectivity index (χ4v) is 4.13. The first-order valence-electron chi connectivity index (χ1n) is 7.57. The molecule has 3 N–H and O–H groups in total. The highest BCUT2D eigenvalue weighted by atomic mass is 35.5. The van der Waals surface area contributed by atoms with E-state index in [2.05, 4.69) is 5.43 Å². The van der Waals surface area contributed by atoms with Crippen LogP contribution in [0.15, 0.2) is 16.7 Å². The summed E-state index contributed by atoms with van der Waals surface area (Å²) in [4.78, 5) is 0. The summed E-state index contributed by atoms with van der Waals surface area (Å²) in [5.41, 5.74) is 3.98. The van der Waals surface area contributed by atoms with Crippen LogP contribution in [0, 0.1) is 5.92 Å². The minimum absolute atomic E-state index is 0.0453. The van der Waals surface area contributed by atoms with Crippen LogP contribution in [0.4, 0.5) is 0 Å². The highest BCUT2D eigenvalue weighted by Gasteiger charge is 2.41. The van der Waals surface area contributed by atoms with Crippen molar-refractivity contribution < 1.29 is 9.15 Å². The third-order valence-electron chi connectivity index (χ3n) is 4.93. The summed E-state index contributed by atoms with van der Waals surface area (Å²) in [5, 5.41) is 0.442. The largest absolute Gasteiger partial charge is 0.453 e. The van der Waals surface area contributed by atoms with Gasteiger partial charge in [0, 0.05) is 12.2 Å². The zero-order valence-electron chi connectivity index (χ0n) is 11.7. The Morgan fingerprint density at radius 1 is 1.35 bits per heavy atom. The molecule has 1 aromatic rings. The van der Waals surface area contributed by atoms with E-state index in [-0.39, 0.29) is 11.6 Å². The molecule has 0 bridgehead atoms. The van der Waals surface area contributed by atoms with Crippen molar-refractivity contribution in [2.75, 3.05) is 6.61 Å². The fraction of sp³-hybridized carbons (Fsp3) is 0.733. The second-order valence-corrected chi connectivity index (χ2v) is 6.48. The lowest BCUT2D eigenvalue weighted by Gasteiger charge is -2.45. The molecule has 3 rings (SSSR count).